The minimum absolute atomic E-state index is 0.194. The zero-order valence-electron chi connectivity index (χ0n) is 11.0. The molecule has 2 N–H and O–H groups in total. The smallest absolute Gasteiger partial charge is 0.223 e. The maximum atomic E-state index is 12.1. The Morgan fingerprint density at radius 1 is 1.29 bits per heavy atom. The number of piperidine rings is 1. The topological polar surface area (TPSA) is 41.1 Å². The molecule has 1 heterocycles. The molecule has 1 aliphatic heterocycles. The van der Waals surface area contributed by atoms with Crippen molar-refractivity contribution >= 4 is 5.91 Å². The zero-order chi connectivity index (χ0) is 12.1. The second-order valence-corrected chi connectivity index (χ2v) is 5.84. The van der Waals surface area contributed by atoms with Crippen LogP contribution in [0, 0.1) is 11.8 Å². The van der Waals surface area contributed by atoms with Gasteiger partial charge in [-0.25, -0.2) is 0 Å². The van der Waals surface area contributed by atoms with Crippen LogP contribution in [0.25, 0.3) is 0 Å². The first kappa shape index (κ1) is 12.9. The van der Waals surface area contributed by atoms with Gasteiger partial charge in [0.25, 0.3) is 0 Å². The van der Waals surface area contributed by atoms with Crippen LogP contribution >= 0.6 is 0 Å². The lowest BCUT2D eigenvalue weighted by molar-refractivity contribution is -0.125. The van der Waals surface area contributed by atoms with E-state index in [1.807, 2.05) is 0 Å². The zero-order valence-corrected chi connectivity index (χ0v) is 11.0. The van der Waals surface area contributed by atoms with Crippen molar-refractivity contribution in [3.05, 3.63) is 0 Å². The van der Waals surface area contributed by atoms with E-state index >= 15 is 0 Å². The molecule has 3 heteroatoms. The van der Waals surface area contributed by atoms with Crippen LogP contribution in [0.1, 0.15) is 51.9 Å². The minimum atomic E-state index is 0.194. The number of hydrogen-bond donors (Lipinski definition) is 2. The van der Waals surface area contributed by atoms with Crippen LogP contribution < -0.4 is 10.6 Å². The molecular formula is C14H26N2O. The Kier molecular flexibility index (Phi) is 4.84. The largest absolute Gasteiger partial charge is 0.352 e. The molecule has 1 amide bonds. The fourth-order valence-corrected chi connectivity index (χ4v) is 3.17. The van der Waals surface area contributed by atoms with E-state index < -0.39 is 0 Å². The van der Waals surface area contributed by atoms with Crippen molar-refractivity contribution in [2.45, 2.75) is 57.9 Å². The maximum absolute atomic E-state index is 12.1. The molecule has 2 fully saturated rings. The van der Waals surface area contributed by atoms with Gasteiger partial charge >= 0.3 is 0 Å². The average molecular weight is 238 g/mol. The summed E-state index contributed by atoms with van der Waals surface area (Å²) in [5.74, 6) is 1.27. The SMILES string of the molecule is CC(CC1CCCC1)C(=O)N[C@H]1CCCNC1. The standard InChI is InChI=1S/C14H26N2O/c1-11(9-12-5-2-3-6-12)14(17)16-13-7-4-8-15-10-13/h11-13,15H,2-10H2,1H3,(H,16,17)/t11?,13-/m0/s1. The lowest BCUT2D eigenvalue weighted by Gasteiger charge is -2.26. The lowest BCUT2D eigenvalue weighted by atomic mass is 9.93. The van der Waals surface area contributed by atoms with Crippen molar-refractivity contribution in [3.8, 4) is 0 Å². The van der Waals surface area contributed by atoms with Crippen molar-refractivity contribution < 1.29 is 4.79 Å². The quantitative estimate of drug-likeness (QED) is 0.787. The van der Waals surface area contributed by atoms with E-state index in [2.05, 4.69) is 17.6 Å². The molecule has 17 heavy (non-hydrogen) atoms. The summed E-state index contributed by atoms with van der Waals surface area (Å²) in [5.41, 5.74) is 0. The van der Waals surface area contributed by atoms with E-state index in [4.69, 9.17) is 0 Å². The molecule has 0 aromatic carbocycles. The summed E-state index contributed by atoms with van der Waals surface area (Å²) in [6.07, 6.45) is 8.81. The van der Waals surface area contributed by atoms with E-state index in [9.17, 15) is 4.79 Å². The first-order chi connectivity index (χ1) is 8.25. The third-order valence-electron chi connectivity index (χ3n) is 4.25. The molecule has 98 valence electrons. The molecular weight excluding hydrogens is 212 g/mol. The summed E-state index contributed by atoms with van der Waals surface area (Å²) in [6.45, 7) is 4.13. The van der Waals surface area contributed by atoms with Gasteiger partial charge in [-0.2, -0.15) is 0 Å². The van der Waals surface area contributed by atoms with Crippen molar-refractivity contribution in [2.24, 2.45) is 11.8 Å². The Labute approximate surface area is 105 Å². The Bertz CT molecular complexity index is 243. The first-order valence-electron chi connectivity index (χ1n) is 7.27. The highest BCUT2D eigenvalue weighted by molar-refractivity contribution is 5.78. The van der Waals surface area contributed by atoms with Gasteiger partial charge in [0.15, 0.2) is 0 Å². The number of carbonyl (C=O) groups excluding carboxylic acids is 1. The lowest BCUT2D eigenvalue weighted by Crippen LogP contribution is -2.47. The highest BCUT2D eigenvalue weighted by atomic mass is 16.1. The van der Waals surface area contributed by atoms with Crippen molar-refractivity contribution in [1.29, 1.82) is 0 Å². The van der Waals surface area contributed by atoms with Gasteiger partial charge in [-0.05, 0) is 31.7 Å². The monoisotopic (exact) mass is 238 g/mol. The Morgan fingerprint density at radius 3 is 2.71 bits per heavy atom. The fourth-order valence-electron chi connectivity index (χ4n) is 3.17. The van der Waals surface area contributed by atoms with Gasteiger partial charge in [0, 0.05) is 18.5 Å². The summed E-state index contributed by atoms with van der Waals surface area (Å²) in [6, 6.07) is 0.363. The number of nitrogens with one attached hydrogen (secondary N) is 2. The third kappa shape index (κ3) is 3.98. The molecule has 2 aliphatic rings. The molecule has 0 spiro atoms. The van der Waals surface area contributed by atoms with Crippen LogP contribution in [0.2, 0.25) is 0 Å². The fraction of sp³-hybridized carbons (Fsp3) is 0.929. The van der Waals surface area contributed by atoms with Gasteiger partial charge in [-0.1, -0.05) is 32.6 Å². The van der Waals surface area contributed by atoms with Gasteiger partial charge in [0.1, 0.15) is 0 Å². The molecule has 2 rings (SSSR count). The van der Waals surface area contributed by atoms with E-state index in [-0.39, 0.29) is 11.8 Å². The summed E-state index contributed by atoms with van der Waals surface area (Å²) < 4.78 is 0. The second kappa shape index (κ2) is 6.39. The van der Waals surface area contributed by atoms with Crippen molar-refractivity contribution in [2.75, 3.05) is 13.1 Å². The molecule has 0 bridgehead atoms. The predicted octanol–water partition coefficient (Wildman–Crippen LogP) is 2.07. The van der Waals surface area contributed by atoms with Crippen LogP contribution in [-0.2, 0) is 4.79 Å². The number of hydrogen-bond acceptors (Lipinski definition) is 2. The molecule has 0 aromatic heterocycles. The Hall–Kier alpha value is -0.570. The van der Waals surface area contributed by atoms with Crippen LogP contribution in [0.15, 0.2) is 0 Å². The minimum Gasteiger partial charge on any atom is -0.352 e. The van der Waals surface area contributed by atoms with Gasteiger partial charge in [-0.15, -0.1) is 0 Å². The number of amides is 1. The van der Waals surface area contributed by atoms with Crippen LogP contribution in [0.5, 0.6) is 0 Å². The van der Waals surface area contributed by atoms with Gasteiger partial charge in [0.05, 0.1) is 0 Å². The average Bonchev–Trinajstić information content (AvgIpc) is 2.83. The Morgan fingerprint density at radius 2 is 2.06 bits per heavy atom. The summed E-state index contributed by atoms with van der Waals surface area (Å²) in [5, 5.41) is 6.53. The Balaban J connectivity index is 1.70. The van der Waals surface area contributed by atoms with E-state index in [1.165, 1.54) is 32.1 Å². The van der Waals surface area contributed by atoms with E-state index in [0.717, 1.165) is 31.8 Å². The predicted molar refractivity (Wildman–Crippen MR) is 69.8 cm³/mol. The van der Waals surface area contributed by atoms with Crippen molar-refractivity contribution in [1.82, 2.24) is 10.6 Å². The highest BCUT2D eigenvalue weighted by Gasteiger charge is 2.23. The van der Waals surface area contributed by atoms with Crippen LogP contribution in [-0.4, -0.2) is 25.0 Å². The molecule has 0 radical (unpaired) electrons. The molecule has 1 unspecified atom stereocenters. The highest BCUT2D eigenvalue weighted by Crippen LogP contribution is 2.30. The normalized spacial score (nSPS) is 27.9. The third-order valence-corrected chi connectivity index (χ3v) is 4.25. The van der Waals surface area contributed by atoms with Gasteiger partial charge in [-0.3, -0.25) is 4.79 Å². The van der Waals surface area contributed by atoms with Crippen molar-refractivity contribution in [3.63, 3.8) is 0 Å². The van der Waals surface area contributed by atoms with Gasteiger partial charge in [0.2, 0.25) is 5.91 Å². The number of carbonyl (C=O) groups is 1. The molecule has 0 aromatic rings. The molecule has 1 saturated carbocycles. The number of rotatable bonds is 4. The maximum Gasteiger partial charge on any atom is 0.223 e. The van der Waals surface area contributed by atoms with E-state index in [1.54, 1.807) is 0 Å². The molecule has 1 aliphatic carbocycles. The molecule has 3 nitrogen and oxygen atoms in total. The summed E-state index contributed by atoms with van der Waals surface area (Å²) >= 11 is 0. The first-order valence-corrected chi connectivity index (χ1v) is 7.27. The van der Waals surface area contributed by atoms with Gasteiger partial charge < -0.3 is 10.6 Å². The molecule has 2 atom stereocenters. The second-order valence-electron chi connectivity index (χ2n) is 5.84. The van der Waals surface area contributed by atoms with Crippen LogP contribution in [0.3, 0.4) is 0 Å². The molecule has 1 saturated heterocycles. The summed E-state index contributed by atoms with van der Waals surface area (Å²) in [4.78, 5) is 12.1. The van der Waals surface area contributed by atoms with E-state index in [0.29, 0.717) is 6.04 Å². The summed E-state index contributed by atoms with van der Waals surface area (Å²) in [7, 11) is 0. The van der Waals surface area contributed by atoms with Crippen LogP contribution in [0.4, 0.5) is 0 Å².